The maximum atomic E-state index is 12.1. The summed E-state index contributed by atoms with van der Waals surface area (Å²) in [6, 6.07) is 12.9. The van der Waals surface area contributed by atoms with E-state index in [1.165, 1.54) is 6.20 Å². The molecule has 1 aliphatic rings. The highest BCUT2D eigenvalue weighted by molar-refractivity contribution is 5.95. The van der Waals surface area contributed by atoms with Crippen LogP contribution in [0, 0.1) is 0 Å². The largest absolute Gasteiger partial charge is 0.460 e. The summed E-state index contributed by atoms with van der Waals surface area (Å²) in [7, 11) is 0. The van der Waals surface area contributed by atoms with Crippen molar-refractivity contribution in [3.05, 3.63) is 59.8 Å². The van der Waals surface area contributed by atoms with Crippen LogP contribution in [0.25, 0.3) is 0 Å². The van der Waals surface area contributed by atoms with Crippen molar-refractivity contribution in [3.63, 3.8) is 0 Å². The van der Waals surface area contributed by atoms with Crippen LogP contribution in [-0.4, -0.2) is 49.7 Å². The molecule has 26 heavy (non-hydrogen) atoms. The summed E-state index contributed by atoms with van der Waals surface area (Å²) in [5.41, 5.74) is 1.30. The Morgan fingerprint density at radius 3 is 2.58 bits per heavy atom. The van der Waals surface area contributed by atoms with Crippen LogP contribution in [0.2, 0.25) is 0 Å². The third kappa shape index (κ3) is 5.03. The van der Waals surface area contributed by atoms with Crippen molar-refractivity contribution in [2.24, 2.45) is 0 Å². The first kappa shape index (κ1) is 17.9. The zero-order chi connectivity index (χ0) is 18.2. The Kier molecular flexibility index (Phi) is 6.16. The molecule has 0 aliphatic carbocycles. The number of anilines is 1. The van der Waals surface area contributed by atoms with Crippen LogP contribution in [0.15, 0.2) is 48.7 Å². The van der Waals surface area contributed by atoms with Gasteiger partial charge < -0.3 is 19.7 Å². The first-order valence-corrected chi connectivity index (χ1v) is 8.49. The fraction of sp³-hybridized carbons (Fsp3) is 0.316. The minimum atomic E-state index is -0.486. The van der Waals surface area contributed by atoms with Crippen molar-refractivity contribution in [1.29, 1.82) is 0 Å². The first-order chi connectivity index (χ1) is 12.7. The number of carbonyl (C=O) groups is 2. The molecular formula is C19H21N3O4. The number of nitrogens with zero attached hydrogens (tertiary/aromatic N) is 2. The van der Waals surface area contributed by atoms with E-state index >= 15 is 0 Å². The zero-order valence-corrected chi connectivity index (χ0v) is 14.4. The number of morpholine rings is 1. The Balaban J connectivity index is 1.44. The highest BCUT2D eigenvalue weighted by Gasteiger charge is 2.14. The number of pyridine rings is 1. The molecule has 1 N–H and O–H groups in total. The van der Waals surface area contributed by atoms with Crippen LogP contribution < -0.4 is 10.2 Å². The summed E-state index contributed by atoms with van der Waals surface area (Å²) in [4.78, 5) is 30.3. The van der Waals surface area contributed by atoms with E-state index in [1.54, 1.807) is 12.1 Å². The predicted molar refractivity (Wildman–Crippen MR) is 95.8 cm³/mol. The predicted octanol–water partition coefficient (Wildman–Crippen LogP) is 1.39. The lowest BCUT2D eigenvalue weighted by atomic mass is 10.2. The number of benzene rings is 1. The van der Waals surface area contributed by atoms with Crippen molar-refractivity contribution >= 4 is 17.7 Å². The van der Waals surface area contributed by atoms with Crippen LogP contribution in [0.1, 0.15) is 15.9 Å². The smallest absolute Gasteiger partial charge is 0.325 e. The molecular weight excluding hydrogens is 334 g/mol. The molecule has 7 nitrogen and oxygen atoms in total. The molecule has 136 valence electrons. The van der Waals surface area contributed by atoms with E-state index in [0.29, 0.717) is 18.8 Å². The first-order valence-electron chi connectivity index (χ1n) is 8.49. The SMILES string of the molecule is O=C(CNC(=O)c1ccc(N2CCOCC2)nc1)OCc1ccccc1. The second-order valence-corrected chi connectivity index (χ2v) is 5.83. The van der Waals surface area contributed by atoms with Gasteiger partial charge in [-0.1, -0.05) is 30.3 Å². The number of hydrogen-bond acceptors (Lipinski definition) is 6. The van der Waals surface area contributed by atoms with Gasteiger partial charge in [0.25, 0.3) is 5.91 Å². The van der Waals surface area contributed by atoms with Gasteiger partial charge in [0.05, 0.1) is 18.8 Å². The summed E-state index contributed by atoms with van der Waals surface area (Å²) in [6.07, 6.45) is 1.51. The highest BCUT2D eigenvalue weighted by atomic mass is 16.5. The van der Waals surface area contributed by atoms with Crippen molar-refractivity contribution < 1.29 is 19.1 Å². The number of rotatable bonds is 6. The molecule has 1 aromatic heterocycles. The van der Waals surface area contributed by atoms with E-state index in [2.05, 4.69) is 15.2 Å². The van der Waals surface area contributed by atoms with Gasteiger partial charge in [-0.05, 0) is 17.7 Å². The van der Waals surface area contributed by atoms with Crippen molar-refractivity contribution in [1.82, 2.24) is 10.3 Å². The lowest BCUT2D eigenvalue weighted by molar-refractivity contribution is -0.143. The number of nitrogens with one attached hydrogen (secondary N) is 1. The van der Waals surface area contributed by atoms with Crippen LogP contribution in [0.4, 0.5) is 5.82 Å². The quantitative estimate of drug-likeness (QED) is 0.789. The van der Waals surface area contributed by atoms with Crippen LogP contribution in [0.5, 0.6) is 0 Å². The second-order valence-electron chi connectivity index (χ2n) is 5.83. The van der Waals surface area contributed by atoms with E-state index in [4.69, 9.17) is 9.47 Å². The highest BCUT2D eigenvalue weighted by Crippen LogP contribution is 2.13. The molecule has 0 atom stereocenters. The molecule has 1 amide bonds. The van der Waals surface area contributed by atoms with E-state index in [1.807, 2.05) is 30.3 Å². The number of hydrogen-bond donors (Lipinski definition) is 1. The number of aromatic nitrogens is 1. The van der Waals surface area contributed by atoms with Crippen LogP contribution in [0.3, 0.4) is 0 Å². The van der Waals surface area contributed by atoms with E-state index < -0.39 is 5.97 Å². The maximum Gasteiger partial charge on any atom is 0.325 e. The molecule has 3 rings (SSSR count). The van der Waals surface area contributed by atoms with Gasteiger partial charge >= 0.3 is 5.97 Å². The van der Waals surface area contributed by atoms with Gasteiger partial charge in [-0.25, -0.2) is 4.98 Å². The van der Waals surface area contributed by atoms with Crippen molar-refractivity contribution in [2.75, 3.05) is 37.7 Å². The van der Waals surface area contributed by atoms with Crippen LogP contribution in [-0.2, 0) is 20.9 Å². The topological polar surface area (TPSA) is 80.8 Å². The molecule has 2 heterocycles. The van der Waals surface area contributed by atoms with Crippen molar-refractivity contribution in [3.8, 4) is 0 Å². The minimum Gasteiger partial charge on any atom is -0.460 e. The van der Waals surface area contributed by atoms with Gasteiger partial charge in [0, 0.05) is 19.3 Å². The Hall–Kier alpha value is -2.93. The normalized spacial score (nSPS) is 13.9. The van der Waals surface area contributed by atoms with Gasteiger partial charge in [0.1, 0.15) is 19.0 Å². The molecule has 0 spiro atoms. The molecule has 1 saturated heterocycles. The standard InChI is InChI=1S/C19H21N3O4/c23-18(26-14-15-4-2-1-3-5-15)13-21-19(24)16-6-7-17(20-12-16)22-8-10-25-11-9-22/h1-7,12H,8-11,13-14H2,(H,21,24). The molecule has 1 aliphatic heterocycles. The molecule has 1 fully saturated rings. The maximum absolute atomic E-state index is 12.1. The number of ether oxygens (including phenoxy) is 2. The molecule has 1 aromatic carbocycles. The minimum absolute atomic E-state index is 0.184. The number of esters is 1. The van der Waals surface area contributed by atoms with Gasteiger partial charge in [-0.15, -0.1) is 0 Å². The lowest BCUT2D eigenvalue weighted by Gasteiger charge is -2.27. The van der Waals surface area contributed by atoms with Crippen molar-refractivity contribution in [2.45, 2.75) is 6.61 Å². The average Bonchev–Trinajstić information content (AvgIpc) is 2.72. The Morgan fingerprint density at radius 1 is 1.12 bits per heavy atom. The summed E-state index contributed by atoms with van der Waals surface area (Å²) >= 11 is 0. The third-order valence-corrected chi connectivity index (χ3v) is 3.98. The monoisotopic (exact) mass is 355 g/mol. The third-order valence-electron chi connectivity index (χ3n) is 3.98. The Bertz CT molecular complexity index is 728. The number of amides is 1. The summed E-state index contributed by atoms with van der Waals surface area (Å²) in [5.74, 6) is -0.0325. The van der Waals surface area contributed by atoms with Crippen LogP contribution >= 0.6 is 0 Å². The van der Waals surface area contributed by atoms with E-state index in [0.717, 1.165) is 24.5 Å². The van der Waals surface area contributed by atoms with Gasteiger partial charge in [0.15, 0.2) is 0 Å². The Labute approximate surface area is 151 Å². The molecule has 0 unspecified atom stereocenters. The number of carbonyl (C=O) groups excluding carboxylic acids is 2. The average molecular weight is 355 g/mol. The zero-order valence-electron chi connectivity index (χ0n) is 14.4. The molecule has 0 radical (unpaired) electrons. The second kappa shape index (κ2) is 8.96. The summed E-state index contributed by atoms with van der Waals surface area (Å²) < 4.78 is 10.4. The van der Waals surface area contributed by atoms with Gasteiger partial charge in [-0.3, -0.25) is 9.59 Å². The fourth-order valence-electron chi connectivity index (χ4n) is 2.54. The molecule has 0 saturated carbocycles. The Morgan fingerprint density at radius 2 is 1.88 bits per heavy atom. The molecule has 0 bridgehead atoms. The van der Waals surface area contributed by atoms with Gasteiger partial charge in [0.2, 0.25) is 0 Å². The van der Waals surface area contributed by atoms with E-state index in [9.17, 15) is 9.59 Å². The molecule has 7 heteroatoms. The van der Waals surface area contributed by atoms with Gasteiger partial charge in [-0.2, -0.15) is 0 Å². The fourth-order valence-corrected chi connectivity index (χ4v) is 2.54. The lowest BCUT2D eigenvalue weighted by Crippen LogP contribution is -2.36. The molecule has 2 aromatic rings. The summed E-state index contributed by atoms with van der Waals surface area (Å²) in [6.45, 7) is 2.92. The van der Waals surface area contributed by atoms with E-state index in [-0.39, 0.29) is 19.1 Å². The summed E-state index contributed by atoms with van der Waals surface area (Å²) in [5, 5.41) is 2.55.